The fraction of sp³-hybridized carbons (Fsp3) is 0.235. The van der Waals surface area contributed by atoms with Crippen molar-refractivity contribution in [3.8, 4) is 11.4 Å². The maximum absolute atomic E-state index is 12.2. The lowest BCUT2D eigenvalue weighted by atomic mass is 10.2. The van der Waals surface area contributed by atoms with Gasteiger partial charge in [-0.3, -0.25) is 14.1 Å². The Hall–Kier alpha value is -2.91. The second-order valence-corrected chi connectivity index (χ2v) is 7.12. The lowest BCUT2D eigenvalue weighted by Crippen LogP contribution is -2.37. The molecule has 3 aromatic rings. The number of nitrogens with zero attached hydrogens (tertiary/aromatic N) is 5. The van der Waals surface area contributed by atoms with Crippen molar-refractivity contribution in [2.45, 2.75) is 10.9 Å². The molecule has 0 unspecified atom stereocenters. The summed E-state index contributed by atoms with van der Waals surface area (Å²) in [5.41, 5.74) is 1.50. The number of anilines is 1. The van der Waals surface area contributed by atoms with Gasteiger partial charge in [0.2, 0.25) is 0 Å². The molecule has 4 rings (SSSR count). The van der Waals surface area contributed by atoms with E-state index in [9.17, 15) is 9.59 Å². The fourth-order valence-electron chi connectivity index (χ4n) is 2.86. The van der Waals surface area contributed by atoms with Crippen LogP contribution in [0.4, 0.5) is 10.5 Å². The number of ether oxygens (including phenoxy) is 1. The van der Waals surface area contributed by atoms with Crippen LogP contribution in [0.1, 0.15) is 0 Å². The third-order valence-electron chi connectivity index (χ3n) is 4.20. The number of alkyl halides is 2. The van der Waals surface area contributed by atoms with Crippen LogP contribution < -0.4 is 10.2 Å². The van der Waals surface area contributed by atoms with Crippen molar-refractivity contribution in [3.63, 3.8) is 0 Å². The summed E-state index contributed by atoms with van der Waals surface area (Å²) in [5, 5.41) is 10.7. The number of cyclic esters (lactones) is 1. The predicted molar refractivity (Wildman–Crippen MR) is 102 cm³/mol. The van der Waals surface area contributed by atoms with Gasteiger partial charge in [0.05, 0.1) is 13.1 Å². The molecule has 1 fully saturated rings. The summed E-state index contributed by atoms with van der Waals surface area (Å²) in [6, 6.07) is 9.06. The summed E-state index contributed by atoms with van der Waals surface area (Å²) in [5.74, 6) is 0.624. The average Bonchev–Trinajstić information content (AvgIpc) is 3.29. The number of amides is 2. The van der Waals surface area contributed by atoms with Crippen LogP contribution >= 0.6 is 23.2 Å². The molecule has 11 heteroatoms. The Bertz CT molecular complexity index is 1020. The highest BCUT2D eigenvalue weighted by atomic mass is 35.5. The first-order chi connectivity index (χ1) is 13.5. The van der Waals surface area contributed by atoms with Crippen LogP contribution in [-0.2, 0) is 9.53 Å². The molecule has 2 amide bonds. The summed E-state index contributed by atoms with van der Waals surface area (Å²) >= 11 is 11.0. The van der Waals surface area contributed by atoms with Gasteiger partial charge < -0.3 is 10.1 Å². The van der Waals surface area contributed by atoms with Gasteiger partial charge in [-0.15, -0.1) is 10.2 Å². The lowest BCUT2D eigenvalue weighted by Gasteiger charge is -2.13. The molecule has 9 nitrogen and oxygen atoms in total. The first-order valence-corrected chi connectivity index (χ1v) is 9.20. The molecular formula is C17H14Cl2N6O3. The molecule has 144 valence electrons. The number of carbonyl (C=O) groups is 2. The summed E-state index contributed by atoms with van der Waals surface area (Å²) in [4.78, 5) is 28.1. The first-order valence-electron chi connectivity index (χ1n) is 8.33. The average molecular weight is 421 g/mol. The number of fused-ring (bicyclic) bond motifs is 1. The zero-order chi connectivity index (χ0) is 19.7. The minimum absolute atomic E-state index is 0.133. The van der Waals surface area contributed by atoms with Crippen LogP contribution in [0.5, 0.6) is 0 Å². The number of carbonyl (C=O) groups excluding carboxylic acids is 2. The van der Waals surface area contributed by atoms with E-state index in [1.54, 1.807) is 28.8 Å². The third kappa shape index (κ3) is 3.58. The number of aromatic nitrogens is 4. The number of nitrogens with one attached hydrogen (secondary N) is 1. The summed E-state index contributed by atoms with van der Waals surface area (Å²) < 4.78 is 7.05. The maximum atomic E-state index is 12.2. The van der Waals surface area contributed by atoms with Gasteiger partial charge in [-0.05, 0) is 30.3 Å². The second kappa shape index (κ2) is 7.61. The van der Waals surface area contributed by atoms with Gasteiger partial charge in [0.25, 0.3) is 11.7 Å². The minimum atomic E-state index is -1.16. The molecule has 1 N–H and O–H groups in total. The Kier molecular flexibility index (Phi) is 5.01. The Balaban J connectivity index is 1.47. The SMILES string of the molecule is O=C(NC[C@H]1CN(c2ccc(-c3nnc4ncccn34)cc2)C(=O)O1)C(Cl)Cl. The molecule has 1 aromatic carbocycles. The summed E-state index contributed by atoms with van der Waals surface area (Å²) in [6.45, 7) is 0.430. The maximum Gasteiger partial charge on any atom is 0.414 e. The fourth-order valence-corrected chi connectivity index (χ4v) is 3.01. The molecule has 0 spiro atoms. The topological polar surface area (TPSA) is 102 Å². The van der Waals surface area contributed by atoms with E-state index in [2.05, 4.69) is 20.5 Å². The van der Waals surface area contributed by atoms with E-state index in [0.717, 1.165) is 5.56 Å². The van der Waals surface area contributed by atoms with E-state index in [1.807, 2.05) is 18.3 Å². The number of hydrogen-bond donors (Lipinski definition) is 1. The molecular weight excluding hydrogens is 407 g/mol. The van der Waals surface area contributed by atoms with Gasteiger partial charge >= 0.3 is 6.09 Å². The lowest BCUT2D eigenvalue weighted by molar-refractivity contribution is -0.119. The largest absolute Gasteiger partial charge is 0.442 e. The molecule has 0 bridgehead atoms. The van der Waals surface area contributed by atoms with E-state index in [0.29, 0.717) is 23.8 Å². The molecule has 3 heterocycles. The molecule has 1 saturated heterocycles. The van der Waals surface area contributed by atoms with Crippen LogP contribution in [-0.4, -0.2) is 55.6 Å². The van der Waals surface area contributed by atoms with Gasteiger partial charge in [-0.25, -0.2) is 9.78 Å². The van der Waals surface area contributed by atoms with Crippen LogP contribution in [0.25, 0.3) is 17.2 Å². The van der Waals surface area contributed by atoms with Crippen molar-refractivity contribution in [3.05, 3.63) is 42.7 Å². The van der Waals surface area contributed by atoms with E-state index in [4.69, 9.17) is 27.9 Å². The zero-order valence-electron chi connectivity index (χ0n) is 14.3. The quantitative estimate of drug-likeness (QED) is 0.633. The van der Waals surface area contributed by atoms with E-state index < -0.39 is 22.9 Å². The smallest absolute Gasteiger partial charge is 0.414 e. The van der Waals surface area contributed by atoms with E-state index in [-0.39, 0.29) is 6.54 Å². The highest BCUT2D eigenvalue weighted by molar-refractivity contribution is 6.53. The van der Waals surface area contributed by atoms with Crippen molar-refractivity contribution in [2.75, 3.05) is 18.0 Å². The van der Waals surface area contributed by atoms with Crippen molar-refractivity contribution in [2.24, 2.45) is 0 Å². The molecule has 1 atom stereocenters. The molecule has 2 aromatic heterocycles. The molecule has 0 radical (unpaired) electrons. The number of benzene rings is 1. The van der Waals surface area contributed by atoms with Crippen molar-refractivity contribution >= 4 is 46.7 Å². The van der Waals surface area contributed by atoms with Crippen molar-refractivity contribution in [1.29, 1.82) is 0 Å². The zero-order valence-corrected chi connectivity index (χ0v) is 15.8. The molecule has 1 aliphatic rings. The van der Waals surface area contributed by atoms with E-state index in [1.165, 1.54) is 4.90 Å². The molecule has 0 aliphatic carbocycles. The van der Waals surface area contributed by atoms with Crippen LogP contribution in [0, 0.1) is 0 Å². The van der Waals surface area contributed by atoms with Gasteiger partial charge in [0, 0.05) is 23.6 Å². The van der Waals surface area contributed by atoms with Crippen LogP contribution in [0.2, 0.25) is 0 Å². The second-order valence-electron chi connectivity index (χ2n) is 6.02. The van der Waals surface area contributed by atoms with Gasteiger partial charge in [-0.1, -0.05) is 23.2 Å². The number of hydrogen-bond acceptors (Lipinski definition) is 6. The Morgan fingerprint density at radius 2 is 2.07 bits per heavy atom. The Morgan fingerprint density at radius 1 is 1.29 bits per heavy atom. The van der Waals surface area contributed by atoms with Gasteiger partial charge in [0.1, 0.15) is 6.10 Å². The van der Waals surface area contributed by atoms with E-state index >= 15 is 0 Å². The minimum Gasteiger partial charge on any atom is -0.442 e. The highest BCUT2D eigenvalue weighted by Gasteiger charge is 2.32. The standard InChI is InChI=1S/C17H14Cl2N6O3/c18-13(19)15(26)21-8-12-9-25(17(27)28-12)11-4-2-10(3-5-11)14-22-23-16-20-6-1-7-24(14)16/h1-7,12-13H,8-9H2,(H,21,26)/t12-/m0/s1. The third-order valence-corrected chi connectivity index (χ3v) is 4.60. The Labute approximate surface area is 169 Å². The van der Waals surface area contributed by atoms with Crippen LogP contribution in [0.3, 0.4) is 0 Å². The molecule has 1 aliphatic heterocycles. The van der Waals surface area contributed by atoms with Gasteiger partial charge in [-0.2, -0.15) is 0 Å². The van der Waals surface area contributed by atoms with Crippen molar-refractivity contribution in [1.82, 2.24) is 24.9 Å². The highest BCUT2D eigenvalue weighted by Crippen LogP contribution is 2.25. The normalized spacial score (nSPS) is 16.6. The predicted octanol–water partition coefficient (Wildman–Crippen LogP) is 2.04. The van der Waals surface area contributed by atoms with Gasteiger partial charge in [0.15, 0.2) is 10.7 Å². The summed E-state index contributed by atoms with van der Waals surface area (Å²) in [6.07, 6.45) is 2.50. The van der Waals surface area contributed by atoms with Crippen molar-refractivity contribution < 1.29 is 14.3 Å². The summed E-state index contributed by atoms with van der Waals surface area (Å²) in [7, 11) is 0. The molecule has 28 heavy (non-hydrogen) atoms. The monoisotopic (exact) mass is 420 g/mol. The first kappa shape index (κ1) is 18.5. The van der Waals surface area contributed by atoms with Crippen LogP contribution in [0.15, 0.2) is 42.7 Å². The number of rotatable bonds is 5. The number of halogens is 2. The molecule has 0 saturated carbocycles. The Morgan fingerprint density at radius 3 is 2.82 bits per heavy atom.